The van der Waals surface area contributed by atoms with Gasteiger partial charge in [0.05, 0.1) is 0 Å². The molecular weight excluding hydrogens is 166 g/mol. The average Bonchev–Trinajstić information content (AvgIpc) is 2.18. The van der Waals surface area contributed by atoms with Crippen LogP contribution in [0, 0.1) is 0 Å². The molecule has 1 aliphatic rings. The molecule has 0 aromatic carbocycles. The molecule has 0 saturated carbocycles. The van der Waals surface area contributed by atoms with Crippen molar-refractivity contribution in [2.75, 3.05) is 6.54 Å². The van der Waals surface area contributed by atoms with Crippen molar-refractivity contribution in [2.24, 2.45) is 10.9 Å². The van der Waals surface area contributed by atoms with E-state index in [4.69, 9.17) is 10.9 Å². The van der Waals surface area contributed by atoms with Crippen LogP contribution in [-0.2, 0) is 0 Å². The van der Waals surface area contributed by atoms with E-state index in [2.05, 4.69) is 12.1 Å². The minimum absolute atomic E-state index is 0.276. The molecule has 4 heteroatoms. The molecule has 4 nitrogen and oxygen atoms in total. The number of hydrogen-bond acceptors (Lipinski definition) is 2. The van der Waals surface area contributed by atoms with E-state index in [9.17, 15) is 0 Å². The van der Waals surface area contributed by atoms with E-state index in [1.807, 2.05) is 4.90 Å². The van der Waals surface area contributed by atoms with Gasteiger partial charge in [0.25, 0.3) is 0 Å². The van der Waals surface area contributed by atoms with Crippen molar-refractivity contribution in [2.45, 2.75) is 45.1 Å². The number of nitrogens with two attached hydrogens (primary N) is 1. The Balaban J connectivity index is 2.56. The predicted molar refractivity (Wildman–Crippen MR) is 52.7 cm³/mol. The summed E-state index contributed by atoms with van der Waals surface area (Å²) < 4.78 is 0. The number of nitrogens with zero attached hydrogens (tertiary/aromatic N) is 2. The molecule has 0 radical (unpaired) electrons. The second-order valence-electron chi connectivity index (χ2n) is 3.59. The van der Waals surface area contributed by atoms with Gasteiger partial charge in [-0.3, -0.25) is 0 Å². The Kier molecular flexibility index (Phi) is 3.86. The fourth-order valence-electron chi connectivity index (χ4n) is 1.99. The summed E-state index contributed by atoms with van der Waals surface area (Å²) in [6.07, 6.45) is 5.87. The third kappa shape index (κ3) is 2.50. The maximum absolute atomic E-state index is 8.59. The van der Waals surface area contributed by atoms with E-state index in [-0.39, 0.29) is 5.96 Å². The number of hydrogen-bond donors (Lipinski definition) is 2. The van der Waals surface area contributed by atoms with E-state index < -0.39 is 0 Å². The molecule has 1 rings (SSSR count). The molecule has 0 aliphatic carbocycles. The molecule has 1 atom stereocenters. The summed E-state index contributed by atoms with van der Waals surface area (Å²) in [5, 5.41) is 11.7. The quantitative estimate of drug-likeness (QED) is 0.295. The molecule has 76 valence electrons. The van der Waals surface area contributed by atoms with E-state index >= 15 is 0 Å². The number of piperidine rings is 1. The smallest absolute Gasteiger partial charge is 0.233 e. The van der Waals surface area contributed by atoms with Gasteiger partial charge in [-0.15, -0.1) is 0 Å². The highest BCUT2D eigenvalue weighted by Crippen LogP contribution is 2.20. The molecule has 1 fully saturated rings. The van der Waals surface area contributed by atoms with Crippen LogP contribution in [-0.4, -0.2) is 28.7 Å². The number of oxime groups is 1. The van der Waals surface area contributed by atoms with Gasteiger partial charge < -0.3 is 15.8 Å². The number of rotatable bonds is 2. The number of likely N-dealkylation sites (tertiary alicyclic amines) is 1. The van der Waals surface area contributed by atoms with Gasteiger partial charge in [0.15, 0.2) is 0 Å². The van der Waals surface area contributed by atoms with E-state index in [1.54, 1.807) is 0 Å². The maximum Gasteiger partial charge on any atom is 0.233 e. The molecule has 3 N–H and O–H groups in total. The first kappa shape index (κ1) is 10.2. The zero-order chi connectivity index (χ0) is 9.68. The summed E-state index contributed by atoms with van der Waals surface area (Å²) in [4.78, 5) is 2.02. The van der Waals surface area contributed by atoms with Crippen molar-refractivity contribution in [3.63, 3.8) is 0 Å². The molecular formula is C9H19N3O. The van der Waals surface area contributed by atoms with Crippen LogP contribution in [0.5, 0.6) is 0 Å². The molecule has 0 amide bonds. The van der Waals surface area contributed by atoms with Gasteiger partial charge >= 0.3 is 0 Å². The van der Waals surface area contributed by atoms with Crippen LogP contribution in [0.15, 0.2) is 5.16 Å². The Morgan fingerprint density at radius 1 is 1.62 bits per heavy atom. The second kappa shape index (κ2) is 4.94. The minimum atomic E-state index is 0.276. The molecule has 0 aromatic rings. The van der Waals surface area contributed by atoms with Crippen molar-refractivity contribution in [1.29, 1.82) is 0 Å². The highest BCUT2D eigenvalue weighted by Gasteiger charge is 2.23. The van der Waals surface area contributed by atoms with Crippen molar-refractivity contribution in [3.8, 4) is 0 Å². The standard InChI is InChI=1S/C9H19N3O/c1-2-5-8-6-3-4-7-12(8)9(10)11-13/h8,13H,2-7H2,1H3,(H2,10,11). The molecule has 0 aromatic heterocycles. The van der Waals surface area contributed by atoms with Crippen LogP contribution < -0.4 is 5.73 Å². The van der Waals surface area contributed by atoms with Gasteiger partial charge in [-0.2, -0.15) is 0 Å². The lowest BCUT2D eigenvalue weighted by atomic mass is 9.99. The average molecular weight is 185 g/mol. The monoisotopic (exact) mass is 185 g/mol. The van der Waals surface area contributed by atoms with Crippen LogP contribution in [0.3, 0.4) is 0 Å². The highest BCUT2D eigenvalue weighted by atomic mass is 16.4. The minimum Gasteiger partial charge on any atom is -0.408 e. The van der Waals surface area contributed by atoms with E-state index in [1.165, 1.54) is 12.8 Å². The molecule has 1 unspecified atom stereocenters. The Morgan fingerprint density at radius 2 is 2.38 bits per heavy atom. The molecule has 0 spiro atoms. The lowest BCUT2D eigenvalue weighted by Gasteiger charge is -2.35. The second-order valence-corrected chi connectivity index (χ2v) is 3.59. The third-order valence-corrected chi connectivity index (χ3v) is 2.65. The summed E-state index contributed by atoms with van der Waals surface area (Å²) in [5.41, 5.74) is 5.59. The van der Waals surface area contributed by atoms with Crippen molar-refractivity contribution >= 4 is 5.96 Å². The zero-order valence-corrected chi connectivity index (χ0v) is 8.24. The molecule has 1 heterocycles. The lowest BCUT2D eigenvalue weighted by molar-refractivity contribution is 0.212. The molecule has 0 bridgehead atoms. The van der Waals surface area contributed by atoms with E-state index in [0.29, 0.717) is 6.04 Å². The normalized spacial score (nSPS) is 24.8. The predicted octanol–water partition coefficient (Wildman–Crippen LogP) is 1.34. The van der Waals surface area contributed by atoms with Crippen LogP contribution >= 0.6 is 0 Å². The maximum atomic E-state index is 8.59. The van der Waals surface area contributed by atoms with Gasteiger partial charge in [0.1, 0.15) is 0 Å². The first-order chi connectivity index (χ1) is 6.29. The van der Waals surface area contributed by atoms with Gasteiger partial charge in [0.2, 0.25) is 5.96 Å². The Hall–Kier alpha value is -0.930. The van der Waals surface area contributed by atoms with Crippen molar-refractivity contribution in [1.82, 2.24) is 4.90 Å². The third-order valence-electron chi connectivity index (χ3n) is 2.65. The summed E-state index contributed by atoms with van der Waals surface area (Å²) >= 11 is 0. The van der Waals surface area contributed by atoms with Crippen LogP contribution in [0.1, 0.15) is 39.0 Å². The van der Waals surface area contributed by atoms with Gasteiger partial charge in [-0.25, -0.2) is 0 Å². The molecule has 1 saturated heterocycles. The first-order valence-corrected chi connectivity index (χ1v) is 5.03. The van der Waals surface area contributed by atoms with Gasteiger partial charge in [0, 0.05) is 12.6 Å². The Morgan fingerprint density at radius 3 is 3.00 bits per heavy atom. The fraction of sp³-hybridized carbons (Fsp3) is 0.889. The number of guanidine groups is 1. The summed E-state index contributed by atoms with van der Waals surface area (Å²) in [5.74, 6) is 0.276. The molecule has 1 aliphatic heterocycles. The topological polar surface area (TPSA) is 61.8 Å². The first-order valence-electron chi connectivity index (χ1n) is 5.03. The fourth-order valence-corrected chi connectivity index (χ4v) is 1.99. The summed E-state index contributed by atoms with van der Waals surface area (Å²) in [7, 11) is 0. The summed E-state index contributed by atoms with van der Waals surface area (Å²) in [6, 6.07) is 0.481. The Labute approximate surface area is 79.4 Å². The van der Waals surface area contributed by atoms with Crippen LogP contribution in [0.2, 0.25) is 0 Å². The lowest BCUT2D eigenvalue weighted by Crippen LogP contribution is -2.47. The largest absolute Gasteiger partial charge is 0.408 e. The molecule has 13 heavy (non-hydrogen) atoms. The van der Waals surface area contributed by atoms with Crippen molar-refractivity contribution < 1.29 is 5.21 Å². The van der Waals surface area contributed by atoms with E-state index in [0.717, 1.165) is 25.8 Å². The SMILES string of the molecule is CCCC1CCCCN1C(N)=NO. The van der Waals surface area contributed by atoms with Crippen LogP contribution in [0.25, 0.3) is 0 Å². The Bertz CT molecular complexity index is 180. The van der Waals surface area contributed by atoms with Gasteiger partial charge in [-0.1, -0.05) is 18.5 Å². The zero-order valence-electron chi connectivity index (χ0n) is 8.24. The van der Waals surface area contributed by atoms with Gasteiger partial charge in [-0.05, 0) is 25.7 Å². The highest BCUT2D eigenvalue weighted by molar-refractivity contribution is 5.77. The van der Waals surface area contributed by atoms with Crippen molar-refractivity contribution in [3.05, 3.63) is 0 Å². The summed E-state index contributed by atoms with van der Waals surface area (Å²) in [6.45, 7) is 3.10. The van der Waals surface area contributed by atoms with Crippen LogP contribution in [0.4, 0.5) is 0 Å².